The summed E-state index contributed by atoms with van der Waals surface area (Å²) in [4.78, 5) is 37.2. The van der Waals surface area contributed by atoms with Crippen LogP contribution in [0.2, 0.25) is 0 Å². The van der Waals surface area contributed by atoms with Crippen molar-refractivity contribution in [2.75, 3.05) is 5.73 Å². The summed E-state index contributed by atoms with van der Waals surface area (Å²) in [5.41, 5.74) is 7.60. The Bertz CT molecular complexity index is 2340. The summed E-state index contributed by atoms with van der Waals surface area (Å²) in [6.07, 6.45) is 4.76. The van der Waals surface area contributed by atoms with Gasteiger partial charge in [-0.1, -0.05) is 28.8 Å². The molecule has 10 radical (unpaired) electrons. The number of nitrogen functional groups attached to an aromatic ring is 1. The summed E-state index contributed by atoms with van der Waals surface area (Å²) in [5, 5.41) is 11.4. The highest BCUT2D eigenvalue weighted by Gasteiger charge is 2.26. The molecule has 4 aromatic heterocycles. The Morgan fingerprint density at radius 1 is 1.00 bits per heavy atom. The van der Waals surface area contributed by atoms with E-state index in [0.717, 1.165) is 5.69 Å². The Hall–Kier alpha value is -5.44. The highest BCUT2D eigenvalue weighted by Crippen LogP contribution is 2.21. The van der Waals surface area contributed by atoms with E-state index in [1.165, 1.54) is 15.3 Å². The van der Waals surface area contributed by atoms with E-state index in [4.69, 9.17) is 49.9 Å². The molecule has 0 saturated carbocycles. The van der Waals surface area contributed by atoms with E-state index >= 15 is 0 Å². The van der Waals surface area contributed by atoms with Gasteiger partial charge in [0.05, 0.1) is 34.4 Å². The average Bonchev–Trinajstić information content (AvgIpc) is 3.55. The van der Waals surface area contributed by atoms with Gasteiger partial charge in [-0.25, -0.2) is 14.5 Å². The van der Waals surface area contributed by atoms with Crippen LogP contribution in [0.4, 0.5) is 5.82 Å². The molecule has 11 nitrogen and oxygen atoms in total. The van der Waals surface area contributed by atoms with Crippen molar-refractivity contribution in [1.82, 2.24) is 39.2 Å². The van der Waals surface area contributed by atoms with Crippen molar-refractivity contribution in [2.24, 2.45) is 7.05 Å². The molecule has 1 amide bonds. The Kier molecular flexibility index (Phi) is 7.64. The van der Waals surface area contributed by atoms with Crippen LogP contribution in [-0.2, 0) is 7.05 Å². The second-order valence-electron chi connectivity index (χ2n) is 10.6. The Morgan fingerprint density at radius 2 is 1.67 bits per heavy atom. The standard InChI is InChI=1S/C30H20B5N9O2/c1-13(39-29(45)19-26(36)41-43-11-5-10-37-28(19)43)27-40-17-7-4-6-15(8-9-16-12-38-42(3)14(16)2)18(17)30(46)44(27)25-23(34)21(32)20(31)22(33)24(25)35/h4-7,10-13H,1-3H3,(H2,36,41)(H,39,45). The van der Waals surface area contributed by atoms with Gasteiger partial charge in [-0.2, -0.15) is 5.10 Å². The molecule has 46 heavy (non-hydrogen) atoms. The molecule has 0 fully saturated rings. The molecule has 0 aliphatic carbocycles. The van der Waals surface area contributed by atoms with Crippen molar-refractivity contribution in [3.63, 3.8) is 0 Å². The smallest absolute Gasteiger partial charge is 0.267 e. The Morgan fingerprint density at radius 3 is 2.35 bits per heavy atom. The van der Waals surface area contributed by atoms with Gasteiger partial charge < -0.3 is 11.1 Å². The molecule has 0 aliphatic rings. The van der Waals surface area contributed by atoms with E-state index in [2.05, 4.69) is 32.3 Å². The van der Waals surface area contributed by atoms with E-state index in [1.807, 2.05) is 14.0 Å². The molecule has 212 valence electrons. The summed E-state index contributed by atoms with van der Waals surface area (Å²) in [6.45, 7) is 3.51. The van der Waals surface area contributed by atoms with E-state index in [-0.39, 0.29) is 61.2 Å². The normalized spacial score (nSPS) is 11.8. The van der Waals surface area contributed by atoms with Crippen LogP contribution >= 0.6 is 0 Å². The molecule has 6 aromatic rings. The third-order valence-electron chi connectivity index (χ3n) is 7.77. The van der Waals surface area contributed by atoms with Crippen molar-refractivity contribution in [3.05, 3.63) is 81.4 Å². The number of carbonyl (C=O) groups excluding carboxylic acids is 1. The summed E-state index contributed by atoms with van der Waals surface area (Å²) in [7, 11) is 33.1. The Labute approximate surface area is 270 Å². The first-order chi connectivity index (χ1) is 21.9. The lowest BCUT2D eigenvalue weighted by atomic mass is 9.61. The largest absolute Gasteiger partial charge is 0.381 e. The van der Waals surface area contributed by atoms with Gasteiger partial charge in [0.15, 0.2) is 11.5 Å². The quantitative estimate of drug-likeness (QED) is 0.164. The summed E-state index contributed by atoms with van der Waals surface area (Å²) < 4.78 is 4.25. The topological polar surface area (TPSA) is 138 Å². The van der Waals surface area contributed by atoms with Gasteiger partial charge in [0.1, 0.15) is 50.6 Å². The van der Waals surface area contributed by atoms with Crippen molar-refractivity contribution in [1.29, 1.82) is 0 Å². The number of aromatic nitrogens is 7. The maximum atomic E-state index is 14.6. The lowest BCUT2D eigenvalue weighted by molar-refractivity contribution is 0.0940. The lowest BCUT2D eigenvalue weighted by Gasteiger charge is -2.26. The van der Waals surface area contributed by atoms with Crippen LogP contribution in [0.25, 0.3) is 22.2 Å². The fourth-order valence-corrected chi connectivity index (χ4v) is 5.15. The number of nitrogens with two attached hydrogens (primary N) is 1. The van der Waals surface area contributed by atoms with E-state index in [1.54, 1.807) is 48.3 Å². The molecule has 0 bridgehead atoms. The van der Waals surface area contributed by atoms with E-state index in [0.29, 0.717) is 16.6 Å². The SMILES string of the molecule is [B]c1c([B])c([B])c(-n2c(C(C)NC(=O)c3c(N)nn4cccnc34)nc3cccc(C#Cc4cnn(C)c4C)c3c2=O)c([B])c1[B]. The summed E-state index contributed by atoms with van der Waals surface area (Å²) >= 11 is 0. The number of aryl methyl sites for hydroxylation is 1. The van der Waals surface area contributed by atoms with Crippen molar-refractivity contribution in [3.8, 4) is 17.5 Å². The fraction of sp³-hybridized carbons (Fsp3) is 0.133. The summed E-state index contributed by atoms with van der Waals surface area (Å²) in [6, 6.07) is 5.79. The average molecular weight is 593 g/mol. The second kappa shape index (κ2) is 11.5. The first kappa shape index (κ1) is 30.6. The highest BCUT2D eigenvalue weighted by molar-refractivity contribution is 6.68. The molecule has 1 unspecified atom stereocenters. The van der Waals surface area contributed by atoms with Crippen LogP contribution in [0.15, 0.2) is 47.7 Å². The number of hydrogen-bond acceptors (Lipinski definition) is 7. The molecule has 4 heterocycles. The zero-order valence-electron chi connectivity index (χ0n) is 25.0. The molecule has 16 heteroatoms. The third kappa shape index (κ3) is 4.88. The van der Waals surface area contributed by atoms with Gasteiger partial charge >= 0.3 is 0 Å². The van der Waals surface area contributed by atoms with Gasteiger partial charge in [-0.3, -0.25) is 18.8 Å². The number of fused-ring (bicyclic) bond motifs is 2. The van der Waals surface area contributed by atoms with Gasteiger partial charge in [0.2, 0.25) is 0 Å². The predicted octanol–water partition coefficient (Wildman–Crippen LogP) is -3.09. The van der Waals surface area contributed by atoms with Crippen LogP contribution < -0.4 is 43.9 Å². The maximum Gasteiger partial charge on any atom is 0.267 e. The number of nitrogens with one attached hydrogen (secondary N) is 1. The van der Waals surface area contributed by atoms with Gasteiger partial charge in [0, 0.05) is 30.7 Å². The minimum Gasteiger partial charge on any atom is -0.381 e. The molecular formula is C30H20B5N9O2. The molecule has 0 spiro atoms. The first-order valence-electron chi connectivity index (χ1n) is 13.9. The number of anilines is 1. The number of hydrogen-bond donors (Lipinski definition) is 2. The number of carbonyl (C=O) groups is 1. The van der Waals surface area contributed by atoms with Crippen LogP contribution in [0.5, 0.6) is 0 Å². The number of benzene rings is 2. The van der Waals surface area contributed by atoms with Crippen molar-refractivity contribution in [2.45, 2.75) is 19.9 Å². The maximum absolute atomic E-state index is 14.6. The van der Waals surface area contributed by atoms with Crippen LogP contribution in [0.1, 0.15) is 46.0 Å². The minimum atomic E-state index is -0.936. The van der Waals surface area contributed by atoms with E-state index in [9.17, 15) is 9.59 Å². The van der Waals surface area contributed by atoms with Crippen LogP contribution in [-0.4, -0.2) is 79.1 Å². The van der Waals surface area contributed by atoms with E-state index < -0.39 is 17.5 Å². The highest BCUT2D eigenvalue weighted by atomic mass is 16.2. The van der Waals surface area contributed by atoms with Crippen LogP contribution in [0.3, 0.4) is 0 Å². The van der Waals surface area contributed by atoms with Gasteiger partial charge in [-0.05, 0) is 32.0 Å². The minimum absolute atomic E-state index is 0.0297. The molecule has 3 N–H and O–H groups in total. The predicted molar refractivity (Wildman–Crippen MR) is 181 cm³/mol. The zero-order chi connectivity index (χ0) is 33.0. The molecule has 2 aromatic carbocycles. The summed E-state index contributed by atoms with van der Waals surface area (Å²) in [5.74, 6) is 5.57. The third-order valence-corrected chi connectivity index (χ3v) is 7.77. The van der Waals surface area contributed by atoms with Crippen LogP contribution in [0, 0.1) is 18.8 Å². The second-order valence-corrected chi connectivity index (χ2v) is 10.6. The van der Waals surface area contributed by atoms with Gasteiger partial charge in [-0.15, -0.1) is 21.5 Å². The molecule has 0 aliphatic heterocycles. The molecule has 0 saturated heterocycles. The molecular weight excluding hydrogens is 572 g/mol. The molecule has 6 rings (SSSR count). The van der Waals surface area contributed by atoms with Crippen molar-refractivity contribution >= 4 is 94.8 Å². The molecule has 1 atom stereocenters. The number of nitrogens with zero attached hydrogens (tertiary/aromatic N) is 7. The van der Waals surface area contributed by atoms with Gasteiger partial charge in [0.25, 0.3) is 11.5 Å². The lowest BCUT2D eigenvalue weighted by Crippen LogP contribution is -2.57. The Balaban J connectivity index is 1.58. The fourth-order valence-electron chi connectivity index (χ4n) is 5.15. The van der Waals surface area contributed by atoms with Crippen molar-refractivity contribution < 1.29 is 4.79 Å². The zero-order valence-corrected chi connectivity index (χ0v) is 25.0. The monoisotopic (exact) mass is 593 g/mol. The number of amides is 1. The first-order valence-corrected chi connectivity index (χ1v) is 13.9. The number of rotatable bonds is 4.